The number of unbranched alkanes of at least 4 members (excludes halogenated alkanes) is 1. The lowest BCUT2D eigenvalue weighted by atomic mass is 9.95. The topological polar surface area (TPSA) is 43.8 Å². The monoisotopic (exact) mass is 313 g/mol. The Hall–Kier alpha value is -0.770. The highest BCUT2D eigenvalue weighted by molar-refractivity contribution is 6.42. The second kappa shape index (κ2) is 5.92. The van der Waals surface area contributed by atoms with Gasteiger partial charge in [-0.2, -0.15) is 0 Å². The van der Waals surface area contributed by atoms with Gasteiger partial charge in [-0.05, 0) is 31.5 Å². The first kappa shape index (κ1) is 15.6. The number of fused-ring (bicyclic) bond motifs is 1. The molecule has 0 fully saturated rings. The van der Waals surface area contributed by atoms with Gasteiger partial charge in [0.1, 0.15) is 5.82 Å². The van der Waals surface area contributed by atoms with Crippen molar-refractivity contribution in [1.29, 1.82) is 0 Å². The average molecular weight is 314 g/mol. The van der Waals surface area contributed by atoms with E-state index in [-0.39, 0.29) is 5.41 Å². The summed E-state index contributed by atoms with van der Waals surface area (Å²) in [5, 5.41) is 1.12. The second-order valence-electron chi connectivity index (χ2n) is 6.09. The van der Waals surface area contributed by atoms with Crippen LogP contribution in [0.3, 0.4) is 0 Å². The largest absolute Gasteiger partial charge is 0.330 e. The van der Waals surface area contributed by atoms with Gasteiger partial charge in [0.2, 0.25) is 0 Å². The summed E-state index contributed by atoms with van der Waals surface area (Å²) in [7, 11) is 0. The lowest BCUT2D eigenvalue weighted by Gasteiger charge is -2.20. The van der Waals surface area contributed by atoms with Crippen LogP contribution in [0.4, 0.5) is 0 Å². The Morgan fingerprint density at radius 1 is 1.15 bits per heavy atom. The van der Waals surface area contributed by atoms with E-state index in [1.807, 2.05) is 12.1 Å². The zero-order valence-corrected chi connectivity index (χ0v) is 13.7. The second-order valence-corrected chi connectivity index (χ2v) is 6.90. The normalized spacial score (nSPS) is 12.3. The molecule has 0 bridgehead atoms. The maximum absolute atomic E-state index is 6.15. The minimum absolute atomic E-state index is 0.0271. The minimum Gasteiger partial charge on any atom is -0.330 e. The molecule has 1 aromatic heterocycles. The number of hydrogen-bond donors (Lipinski definition) is 1. The fraction of sp³-hybridized carbons (Fsp3) is 0.533. The van der Waals surface area contributed by atoms with Gasteiger partial charge in [-0.15, -0.1) is 0 Å². The Morgan fingerprint density at radius 2 is 1.80 bits per heavy atom. The molecule has 110 valence electrons. The van der Waals surface area contributed by atoms with Gasteiger partial charge in [0.05, 0.1) is 21.1 Å². The fourth-order valence-electron chi connectivity index (χ4n) is 2.33. The molecule has 2 N–H and O–H groups in total. The van der Waals surface area contributed by atoms with Gasteiger partial charge in [0, 0.05) is 12.0 Å². The summed E-state index contributed by atoms with van der Waals surface area (Å²) in [4.78, 5) is 4.75. The summed E-state index contributed by atoms with van der Waals surface area (Å²) in [6.07, 6.45) is 2.04. The van der Waals surface area contributed by atoms with E-state index in [2.05, 4.69) is 25.3 Å². The van der Waals surface area contributed by atoms with Crippen molar-refractivity contribution in [3.8, 4) is 0 Å². The number of halogens is 2. The molecule has 0 spiro atoms. The van der Waals surface area contributed by atoms with Crippen LogP contribution in [0.1, 0.15) is 39.4 Å². The van der Waals surface area contributed by atoms with E-state index in [1.165, 1.54) is 0 Å². The Kier molecular flexibility index (Phi) is 4.62. The van der Waals surface area contributed by atoms with Gasteiger partial charge in [0.25, 0.3) is 0 Å². The summed E-state index contributed by atoms with van der Waals surface area (Å²) >= 11 is 12.2. The predicted octanol–water partition coefficient (Wildman–Crippen LogP) is 4.38. The standard InChI is InChI=1S/C15H21Cl2N3/c1-15(2,3)14-19-12-8-10(16)11(17)9-13(12)20(14)7-5-4-6-18/h8-9H,4-7,18H2,1-3H3. The Balaban J connectivity index is 2.56. The number of aromatic nitrogens is 2. The van der Waals surface area contributed by atoms with Crippen molar-refractivity contribution in [3.05, 3.63) is 28.0 Å². The highest BCUT2D eigenvalue weighted by Crippen LogP contribution is 2.32. The van der Waals surface area contributed by atoms with Crippen LogP contribution in [0.15, 0.2) is 12.1 Å². The average Bonchev–Trinajstić information content (AvgIpc) is 2.69. The SMILES string of the molecule is CC(C)(C)c1nc2cc(Cl)c(Cl)cc2n1CCCCN. The predicted molar refractivity (Wildman–Crippen MR) is 86.7 cm³/mol. The van der Waals surface area contributed by atoms with E-state index >= 15 is 0 Å². The highest BCUT2D eigenvalue weighted by atomic mass is 35.5. The lowest BCUT2D eigenvalue weighted by Crippen LogP contribution is -2.19. The van der Waals surface area contributed by atoms with Crippen LogP contribution in [0, 0.1) is 0 Å². The number of nitrogens with zero attached hydrogens (tertiary/aromatic N) is 2. The van der Waals surface area contributed by atoms with Crippen LogP contribution in [0.2, 0.25) is 10.0 Å². The molecule has 2 rings (SSSR count). The first-order chi connectivity index (χ1) is 9.34. The van der Waals surface area contributed by atoms with Crippen molar-refractivity contribution in [2.75, 3.05) is 6.54 Å². The Labute approximate surface area is 130 Å². The van der Waals surface area contributed by atoms with Crippen LogP contribution in [0.5, 0.6) is 0 Å². The van der Waals surface area contributed by atoms with E-state index in [9.17, 15) is 0 Å². The molecule has 20 heavy (non-hydrogen) atoms. The van der Waals surface area contributed by atoms with Crippen LogP contribution >= 0.6 is 23.2 Å². The van der Waals surface area contributed by atoms with Crippen LogP contribution in [-0.2, 0) is 12.0 Å². The molecule has 0 saturated heterocycles. The van der Waals surface area contributed by atoms with E-state index < -0.39 is 0 Å². The molecule has 2 aromatic rings. The maximum atomic E-state index is 6.15. The molecule has 3 nitrogen and oxygen atoms in total. The molecular formula is C15H21Cl2N3. The molecule has 0 saturated carbocycles. The third-order valence-corrected chi connectivity index (χ3v) is 4.02. The van der Waals surface area contributed by atoms with Gasteiger partial charge in [-0.1, -0.05) is 44.0 Å². The molecule has 5 heteroatoms. The minimum atomic E-state index is -0.0271. The van der Waals surface area contributed by atoms with Crippen molar-refractivity contribution < 1.29 is 0 Å². The molecule has 0 aliphatic carbocycles. The summed E-state index contributed by atoms with van der Waals surface area (Å²) in [6, 6.07) is 3.75. The van der Waals surface area contributed by atoms with Gasteiger partial charge in [-0.25, -0.2) is 4.98 Å². The number of imidazole rings is 1. The van der Waals surface area contributed by atoms with Gasteiger partial charge < -0.3 is 10.3 Å². The van der Waals surface area contributed by atoms with Crippen molar-refractivity contribution in [2.45, 2.75) is 45.6 Å². The molecule has 0 atom stereocenters. The quantitative estimate of drug-likeness (QED) is 0.851. The molecule has 0 amide bonds. The molecule has 0 radical (unpaired) electrons. The lowest BCUT2D eigenvalue weighted by molar-refractivity contribution is 0.492. The first-order valence-corrected chi connectivity index (χ1v) is 7.66. The van der Waals surface area contributed by atoms with Crippen molar-refractivity contribution in [2.24, 2.45) is 5.73 Å². The van der Waals surface area contributed by atoms with E-state index in [0.29, 0.717) is 16.6 Å². The maximum Gasteiger partial charge on any atom is 0.115 e. The van der Waals surface area contributed by atoms with Gasteiger partial charge in [-0.3, -0.25) is 0 Å². The van der Waals surface area contributed by atoms with Gasteiger partial charge >= 0.3 is 0 Å². The van der Waals surface area contributed by atoms with Crippen molar-refractivity contribution >= 4 is 34.2 Å². The first-order valence-electron chi connectivity index (χ1n) is 6.90. The summed E-state index contributed by atoms with van der Waals surface area (Å²) < 4.78 is 2.24. The Morgan fingerprint density at radius 3 is 2.40 bits per heavy atom. The zero-order chi connectivity index (χ0) is 14.9. The number of aryl methyl sites for hydroxylation is 1. The molecule has 0 unspecified atom stereocenters. The van der Waals surface area contributed by atoms with Crippen molar-refractivity contribution in [3.63, 3.8) is 0 Å². The van der Waals surface area contributed by atoms with Crippen LogP contribution in [-0.4, -0.2) is 16.1 Å². The number of rotatable bonds is 4. The molecule has 1 heterocycles. The van der Waals surface area contributed by atoms with Gasteiger partial charge in [0.15, 0.2) is 0 Å². The smallest absolute Gasteiger partial charge is 0.115 e. The third kappa shape index (κ3) is 3.11. The molecule has 0 aliphatic rings. The van der Waals surface area contributed by atoms with E-state index in [4.69, 9.17) is 33.9 Å². The zero-order valence-electron chi connectivity index (χ0n) is 12.2. The van der Waals surface area contributed by atoms with Crippen LogP contribution < -0.4 is 5.73 Å². The number of nitrogens with two attached hydrogens (primary N) is 1. The highest BCUT2D eigenvalue weighted by Gasteiger charge is 2.23. The Bertz CT molecular complexity index is 612. The van der Waals surface area contributed by atoms with Crippen LogP contribution in [0.25, 0.3) is 11.0 Å². The van der Waals surface area contributed by atoms with E-state index in [1.54, 1.807) is 0 Å². The summed E-state index contributed by atoms with van der Waals surface area (Å²) in [5.41, 5.74) is 7.50. The summed E-state index contributed by atoms with van der Waals surface area (Å²) in [5.74, 6) is 1.06. The summed E-state index contributed by atoms with van der Waals surface area (Å²) in [6.45, 7) is 8.10. The number of hydrogen-bond acceptors (Lipinski definition) is 2. The molecule has 0 aliphatic heterocycles. The molecule has 1 aromatic carbocycles. The van der Waals surface area contributed by atoms with Crippen molar-refractivity contribution in [1.82, 2.24) is 9.55 Å². The third-order valence-electron chi connectivity index (χ3n) is 3.30. The van der Waals surface area contributed by atoms with E-state index in [0.717, 1.165) is 36.2 Å². The number of benzene rings is 1. The molecular weight excluding hydrogens is 293 g/mol. The fourth-order valence-corrected chi connectivity index (χ4v) is 2.65.